The lowest BCUT2D eigenvalue weighted by molar-refractivity contribution is -0.118. The van der Waals surface area contributed by atoms with E-state index in [2.05, 4.69) is 37.7 Å². The molecular weight excluding hydrogens is 543 g/mol. The maximum atomic E-state index is 15.4. The summed E-state index contributed by atoms with van der Waals surface area (Å²) in [6.07, 6.45) is 11.1. The standard InChI is InChI=1S/C29H29FN8O4/c1-36-35-23(16-38(36)15-20-14-37-13-18(17-4-5-17)6-9-25(37)34-20)28(39)33-12-22-21(7-8-24(41-2)26(22)30)19-10-31-27(32-11-19)29(40)42-3/h6-11,13-14,16-17,35H,4-5,12,15H2,1-3H3,(H,33,39). The largest absolute Gasteiger partial charge is 0.494 e. The van der Waals surface area contributed by atoms with Crippen LogP contribution in [0.1, 0.15) is 46.2 Å². The fourth-order valence-electron chi connectivity index (χ4n) is 4.85. The van der Waals surface area contributed by atoms with Crippen molar-refractivity contribution >= 4 is 17.5 Å². The summed E-state index contributed by atoms with van der Waals surface area (Å²) in [5, 5.41) is 6.29. The lowest BCUT2D eigenvalue weighted by atomic mass is 10.0. The van der Waals surface area contributed by atoms with E-state index < -0.39 is 17.7 Å². The van der Waals surface area contributed by atoms with Gasteiger partial charge in [0, 0.05) is 55.7 Å². The number of ether oxygens (including phenoxy) is 2. The summed E-state index contributed by atoms with van der Waals surface area (Å²) in [6.45, 7) is 0.297. The number of carbonyl (C=O) groups is 2. The number of esters is 1. The molecule has 2 aliphatic rings. The van der Waals surface area contributed by atoms with E-state index in [-0.39, 0.29) is 29.4 Å². The van der Waals surface area contributed by atoms with Crippen LogP contribution in [0.5, 0.6) is 5.75 Å². The first kappa shape index (κ1) is 27.1. The molecule has 12 nitrogen and oxygen atoms in total. The van der Waals surface area contributed by atoms with Crippen LogP contribution in [-0.2, 0) is 22.6 Å². The first-order valence-corrected chi connectivity index (χ1v) is 13.3. The Labute approximate surface area is 240 Å². The molecule has 6 rings (SSSR count). The van der Waals surface area contributed by atoms with Gasteiger partial charge in [0.2, 0.25) is 5.82 Å². The molecule has 4 heterocycles. The van der Waals surface area contributed by atoms with Crippen molar-refractivity contribution in [2.24, 2.45) is 0 Å². The zero-order valence-electron chi connectivity index (χ0n) is 23.3. The predicted octanol–water partition coefficient (Wildman–Crippen LogP) is 2.93. The monoisotopic (exact) mass is 572 g/mol. The van der Waals surface area contributed by atoms with E-state index in [1.807, 2.05) is 21.7 Å². The molecule has 216 valence electrons. The third kappa shape index (κ3) is 5.33. The van der Waals surface area contributed by atoms with E-state index in [4.69, 9.17) is 9.72 Å². The van der Waals surface area contributed by atoms with Gasteiger partial charge in [-0.1, -0.05) is 12.1 Å². The lowest BCUT2D eigenvalue weighted by Gasteiger charge is -2.23. The molecule has 1 aliphatic heterocycles. The van der Waals surface area contributed by atoms with Crippen molar-refractivity contribution in [1.82, 2.24) is 40.2 Å². The topological polar surface area (TPSA) is 126 Å². The maximum absolute atomic E-state index is 15.4. The van der Waals surface area contributed by atoms with Crippen LogP contribution in [0, 0.1) is 5.82 Å². The number of benzene rings is 1. The lowest BCUT2D eigenvalue weighted by Crippen LogP contribution is -2.40. The molecule has 42 heavy (non-hydrogen) atoms. The Morgan fingerprint density at radius 3 is 2.62 bits per heavy atom. The van der Waals surface area contributed by atoms with E-state index in [1.165, 1.54) is 51.1 Å². The third-order valence-electron chi connectivity index (χ3n) is 7.27. The Bertz CT molecular complexity index is 1700. The van der Waals surface area contributed by atoms with Gasteiger partial charge in [-0.2, -0.15) is 0 Å². The minimum Gasteiger partial charge on any atom is -0.494 e. The molecule has 0 radical (unpaired) electrons. The average Bonchev–Trinajstić information content (AvgIpc) is 3.68. The van der Waals surface area contributed by atoms with Crippen LogP contribution in [0.15, 0.2) is 60.9 Å². The van der Waals surface area contributed by atoms with Crippen molar-refractivity contribution < 1.29 is 23.5 Å². The molecule has 0 bridgehead atoms. The van der Waals surface area contributed by atoms with Crippen molar-refractivity contribution in [2.45, 2.75) is 31.8 Å². The van der Waals surface area contributed by atoms with Gasteiger partial charge in [-0.3, -0.25) is 15.2 Å². The summed E-state index contributed by atoms with van der Waals surface area (Å²) in [5.41, 5.74) is 7.42. The van der Waals surface area contributed by atoms with Gasteiger partial charge in [0.15, 0.2) is 11.6 Å². The molecule has 2 N–H and O–H groups in total. The highest BCUT2D eigenvalue weighted by Crippen LogP contribution is 2.40. The number of hydrogen-bond donors (Lipinski definition) is 2. The number of hydrogen-bond acceptors (Lipinski definition) is 10. The van der Waals surface area contributed by atoms with Gasteiger partial charge in [-0.05, 0) is 42.0 Å². The van der Waals surface area contributed by atoms with E-state index >= 15 is 4.39 Å². The smallest absolute Gasteiger partial charge is 0.376 e. The van der Waals surface area contributed by atoms with Crippen molar-refractivity contribution in [3.8, 4) is 16.9 Å². The normalized spacial score (nSPS) is 15.0. The number of nitrogens with zero attached hydrogens (tertiary/aromatic N) is 6. The zero-order valence-corrected chi connectivity index (χ0v) is 23.3. The number of fused-ring (bicyclic) bond motifs is 1. The fourth-order valence-corrected chi connectivity index (χ4v) is 4.85. The Hall–Kier alpha value is -5.04. The molecule has 0 saturated heterocycles. The van der Waals surface area contributed by atoms with Crippen molar-refractivity contribution in [2.75, 3.05) is 21.3 Å². The Kier molecular flexibility index (Phi) is 7.17. The molecule has 1 saturated carbocycles. The summed E-state index contributed by atoms with van der Waals surface area (Å²) < 4.78 is 27.2. The number of imidazole rings is 1. The molecular formula is C29H29FN8O4. The summed E-state index contributed by atoms with van der Waals surface area (Å²) in [7, 11) is 4.38. The number of amides is 1. The van der Waals surface area contributed by atoms with Crippen LogP contribution in [0.2, 0.25) is 0 Å². The van der Waals surface area contributed by atoms with E-state index in [9.17, 15) is 9.59 Å². The summed E-state index contributed by atoms with van der Waals surface area (Å²) in [6, 6.07) is 7.29. The third-order valence-corrected chi connectivity index (χ3v) is 7.27. The summed E-state index contributed by atoms with van der Waals surface area (Å²) in [5.74, 6) is -1.19. The minimum absolute atomic E-state index is 0.0240. The zero-order chi connectivity index (χ0) is 29.4. The van der Waals surface area contributed by atoms with E-state index in [0.29, 0.717) is 23.6 Å². The number of methoxy groups -OCH3 is 2. The van der Waals surface area contributed by atoms with Crippen LogP contribution in [0.4, 0.5) is 4.39 Å². The number of halogens is 1. The van der Waals surface area contributed by atoms with Crippen LogP contribution in [0.3, 0.4) is 0 Å². The van der Waals surface area contributed by atoms with Crippen molar-refractivity contribution in [3.63, 3.8) is 0 Å². The van der Waals surface area contributed by atoms with Gasteiger partial charge in [0.05, 0.1) is 26.5 Å². The van der Waals surface area contributed by atoms with Gasteiger partial charge < -0.3 is 19.2 Å². The number of pyridine rings is 1. The maximum Gasteiger partial charge on any atom is 0.376 e. The number of aromatic nitrogens is 4. The average molecular weight is 573 g/mol. The SMILES string of the molecule is COC(=O)c1ncc(-c2ccc(OC)c(F)c2CNC(=O)C2=CN(Cc3cn4cc(C5CC5)ccc4n3)N(C)N2)cn1. The Morgan fingerprint density at radius 1 is 1.12 bits per heavy atom. The van der Waals surface area contributed by atoms with Gasteiger partial charge in [0.25, 0.3) is 5.91 Å². The fraction of sp³-hybridized carbons (Fsp3) is 0.276. The van der Waals surface area contributed by atoms with Crippen LogP contribution in [0.25, 0.3) is 16.8 Å². The molecule has 0 spiro atoms. The highest BCUT2D eigenvalue weighted by atomic mass is 19.1. The molecule has 0 unspecified atom stereocenters. The van der Waals surface area contributed by atoms with Crippen molar-refractivity contribution in [1.29, 1.82) is 0 Å². The number of hydrazine groups is 2. The second kappa shape index (κ2) is 11.1. The first-order chi connectivity index (χ1) is 20.3. The second-order valence-electron chi connectivity index (χ2n) is 10.1. The van der Waals surface area contributed by atoms with Gasteiger partial charge in [-0.25, -0.2) is 24.1 Å². The highest BCUT2D eigenvalue weighted by molar-refractivity contribution is 5.93. The second-order valence-corrected chi connectivity index (χ2v) is 10.1. The Balaban J connectivity index is 1.17. The molecule has 1 aromatic carbocycles. The van der Waals surface area contributed by atoms with Crippen LogP contribution in [-0.4, -0.2) is 62.6 Å². The molecule has 1 amide bonds. The van der Waals surface area contributed by atoms with Gasteiger partial charge >= 0.3 is 5.97 Å². The quantitative estimate of drug-likeness (QED) is 0.289. The van der Waals surface area contributed by atoms with Crippen LogP contribution < -0.4 is 15.5 Å². The molecule has 13 heteroatoms. The predicted molar refractivity (Wildman–Crippen MR) is 149 cm³/mol. The molecule has 0 atom stereocenters. The van der Waals surface area contributed by atoms with E-state index in [0.717, 1.165) is 11.3 Å². The highest BCUT2D eigenvalue weighted by Gasteiger charge is 2.26. The van der Waals surface area contributed by atoms with Gasteiger partial charge in [0.1, 0.15) is 11.3 Å². The number of nitrogens with one attached hydrogen (secondary N) is 2. The molecule has 1 aliphatic carbocycles. The number of rotatable bonds is 9. The van der Waals surface area contributed by atoms with E-state index in [1.54, 1.807) is 24.4 Å². The minimum atomic E-state index is -0.685. The summed E-state index contributed by atoms with van der Waals surface area (Å²) >= 11 is 0. The first-order valence-electron chi connectivity index (χ1n) is 13.3. The number of carbonyl (C=O) groups excluding carboxylic acids is 2. The van der Waals surface area contributed by atoms with Crippen LogP contribution >= 0.6 is 0 Å². The molecule has 1 fully saturated rings. The van der Waals surface area contributed by atoms with Crippen molar-refractivity contribution in [3.05, 3.63) is 89.4 Å². The Morgan fingerprint density at radius 2 is 1.90 bits per heavy atom. The van der Waals surface area contributed by atoms with Gasteiger partial charge in [-0.15, -0.1) is 5.12 Å². The molecule has 3 aromatic heterocycles. The molecule has 4 aromatic rings. The summed E-state index contributed by atoms with van der Waals surface area (Å²) in [4.78, 5) is 37.6.